The van der Waals surface area contributed by atoms with Gasteiger partial charge in [0, 0.05) is 32.2 Å². The molecule has 0 fully saturated rings. The normalized spacial score (nSPS) is 12.7. The second kappa shape index (κ2) is 4.38. The Labute approximate surface area is 100.0 Å². The van der Waals surface area contributed by atoms with Gasteiger partial charge in [0.15, 0.2) is 0 Å². The maximum absolute atomic E-state index is 10.0. The monoisotopic (exact) mass is 284 g/mol. The molecule has 0 spiro atoms. The minimum Gasteiger partial charge on any atom is -0.383 e. The molecular weight excluding hydrogens is 276 g/mol. The lowest BCUT2D eigenvalue weighted by atomic mass is 10.2. The van der Waals surface area contributed by atoms with Crippen molar-refractivity contribution >= 4 is 27.3 Å². The number of aryl methyl sites for hydroxylation is 1. The Balaban J connectivity index is 2.32. The van der Waals surface area contributed by atoms with Crippen molar-refractivity contribution in [3.63, 3.8) is 0 Å². The molecule has 2 aromatic heterocycles. The van der Waals surface area contributed by atoms with Crippen molar-refractivity contribution in [2.24, 2.45) is 0 Å². The molecule has 0 bridgehead atoms. The fourth-order valence-electron chi connectivity index (χ4n) is 1.23. The summed E-state index contributed by atoms with van der Waals surface area (Å²) in [6.45, 7) is 2.01. The van der Waals surface area contributed by atoms with Crippen LogP contribution in [0.25, 0.3) is 0 Å². The predicted molar refractivity (Wildman–Crippen MR) is 62.8 cm³/mol. The summed E-state index contributed by atoms with van der Waals surface area (Å²) < 4.78 is 1.03. The van der Waals surface area contributed by atoms with E-state index in [-0.39, 0.29) is 0 Å². The highest BCUT2D eigenvalue weighted by Gasteiger charge is 2.14. The minimum atomic E-state index is -0.638. The van der Waals surface area contributed by atoms with Gasteiger partial charge in [0.2, 0.25) is 0 Å². The molecule has 78 valence electrons. The molecule has 1 N–H and O–H groups in total. The van der Waals surface area contributed by atoms with E-state index < -0.39 is 6.10 Å². The van der Waals surface area contributed by atoms with E-state index in [1.165, 1.54) is 6.33 Å². The topological polar surface area (TPSA) is 46.0 Å². The van der Waals surface area contributed by atoms with Crippen molar-refractivity contribution in [3.05, 3.63) is 44.6 Å². The molecule has 2 aromatic rings. The number of hydrogen-bond donors (Lipinski definition) is 1. The van der Waals surface area contributed by atoms with E-state index in [0.717, 1.165) is 14.2 Å². The number of aliphatic hydroxyl groups is 1. The number of thiophene rings is 1. The van der Waals surface area contributed by atoms with Gasteiger partial charge in [0.25, 0.3) is 0 Å². The number of hydrogen-bond acceptors (Lipinski definition) is 4. The Bertz CT molecular complexity index is 438. The lowest BCUT2D eigenvalue weighted by molar-refractivity contribution is 0.223. The van der Waals surface area contributed by atoms with Crippen molar-refractivity contribution in [2.75, 3.05) is 0 Å². The standard InChI is InChI=1S/C10H9BrN2OS/c1-6-8(11)2-9(15-6)10(14)7-3-12-5-13-4-7/h2-5,10,14H,1H3. The van der Waals surface area contributed by atoms with Gasteiger partial charge in [0.05, 0.1) is 0 Å². The quantitative estimate of drug-likeness (QED) is 0.922. The summed E-state index contributed by atoms with van der Waals surface area (Å²) in [4.78, 5) is 9.82. The lowest BCUT2D eigenvalue weighted by Gasteiger charge is -2.06. The Kier molecular flexibility index (Phi) is 3.14. The zero-order valence-corrected chi connectivity index (χ0v) is 10.4. The maximum Gasteiger partial charge on any atom is 0.116 e. The van der Waals surface area contributed by atoms with Crippen LogP contribution in [0.1, 0.15) is 21.4 Å². The molecule has 0 saturated heterocycles. The first-order chi connectivity index (χ1) is 7.18. The first-order valence-electron chi connectivity index (χ1n) is 4.37. The number of aromatic nitrogens is 2. The summed E-state index contributed by atoms with van der Waals surface area (Å²) in [5.41, 5.74) is 0.714. The molecule has 0 aliphatic rings. The number of rotatable bonds is 2. The molecule has 1 unspecified atom stereocenters. The van der Waals surface area contributed by atoms with Gasteiger partial charge in [-0.1, -0.05) is 0 Å². The summed E-state index contributed by atoms with van der Waals surface area (Å²) in [5.74, 6) is 0. The molecule has 0 amide bonds. The van der Waals surface area contributed by atoms with E-state index in [1.807, 2.05) is 13.0 Å². The molecule has 0 radical (unpaired) electrons. The summed E-state index contributed by atoms with van der Waals surface area (Å²) in [5, 5.41) is 10.0. The molecule has 5 heteroatoms. The van der Waals surface area contributed by atoms with E-state index in [4.69, 9.17) is 0 Å². The Hall–Kier alpha value is -0.780. The molecule has 0 aliphatic carbocycles. The van der Waals surface area contributed by atoms with Crippen molar-refractivity contribution in [1.29, 1.82) is 0 Å². The third-order valence-electron chi connectivity index (χ3n) is 2.04. The van der Waals surface area contributed by atoms with Crippen molar-refractivity contribution < 1.29 is 5.11 Å². The summed E-state index contributed by atoms with van der Waals surface area (Å²) in [6, 6.07) is 1.93. The van der Waals surface area contributed by atoms with Crippen LogP contribution < -0.4 is 0 Å². The van der Waals surface area contributed by atoms with Gasteiger partial charge in [-0.15, -0.1) is 11.3 Å². The summed E-state index contributed by atoms with van der Waals surface area (Å²) >= 11 is 4.99. The summed E-state index contributed by atoms with van der Waals surface area (Å²) in [7, 11) is 0. The molecule has 0 aliphatic heterocycles. The van der Waals surface area contributed by atoms with Crippen LogP contribution in [-0.4, -0.2) is 15.1 Å². The molecule has 2 heterocycles. The van der Waals surface area contributed by atoms with Gasteiger partial charge in [-0.05, 0) is 28.9 Å². The SMILES string of the molecule is Cc1sc(C(O)c2cncnc2)cc1Br. The van der Waals surface area contributed by atoms with Gasteiger partial charge < -0.3 is 5.11 Å². The zero-order valence-electron chi connectivity index (χ0n) is 8.01. The molecular formula is C10H9BrN2OS. The van der Waals surface area contributed by atoms with E-state index in [0.29, 0.717) is 5.56 Å². The second-order valence-electron chi connectivity index (χ2n) is 3.13. The van der Waals surface area contributed by atoms with Gasteiger partial charge in [-0.3, -0.25) is 0 Å². The van der Waals surface area contributed by atoms with E-state index in [1.54, 1.807) is 23.7 Å². The van der Waals surface area contributed by atoms with E-state index in [9.17, 15) is 5.11 Å². The maximum atomic E-state index is 10.0. The molecule has 0 saturated carbocycles. The van der Waals surface area contributed by atoms with Crippen LogP contribution in [-0.2, 0) is 0 Å². The van der Waals surface area contributed by atoms with Crippen molar-refractivity contribution in [2.45, 2.75) is 13.0 Å². The number of aliphatic hydroxyl groups excluding tert-OH is 1. The van der Waals surface area contributed by atoms with Crippen LogP contribution in [0, 0.1) is 6.92 Å². The lowest BCUT2D eigenvalue weighted by Crippen LogP contribution is -1.98. The molecule has 0 aromatic carbocycles. The van der Waals surface area contributed by atoms with Crippen LogP contribution in [0.15, 0.2) is 29.3 Å². The molecule has 15 heavy (non-hydrogen) atoms. The highest BCUT2D eigenvalue weighted by atomic mass is 79.9. The second-order valence-corrected chi connectivity index (χ2v) is 5.27. The van der Waals surface area contributed by atoms with Crippen molar-refractivity contribution in [1.82, 2.24) is 9.97 Å². The van der Waals surface area contributed by atoms with Crippen LogP contribution in [0.4, 0.5) is 0 Å². The fourth-order valence-corrected chi connectivity index (χ4v) is 2.81. The first kappa shape index (κ1) is 10.7. The van der Waals surface area contributed by atoms with Crippen LogP contribution in [0.5, 0.6) is 0 Å². The minimum absolute atomic E-state index is 0.638. The molecule has 2 rings (SSSR count). The smallest absolute Gasteiger partial charge is 0.116 e. The molecule has 3 nitrogen and oxygen atoms in total. The highest BCUT2D eigenvalue weighted by Crippen LogP contribution is 2.33. The van der Waals surface area contributed by atoms with Crippen LogP contribution >= 0.6 is 27.3 Å². The number of nitrogens with zero attached hydrogens (tertiary/aromatic N) is 2. The average molecular weight is 285 g/mol. The number of halogens is 1. The third kappa shape index (κ3) is 2.25. The van der Waals surface area contributed by atoms with E-state index in [2.05, 4.69) is 25.9 Å². The van der Waals surface area contributed by atoms with Gasteiger partial charge in [-0.2, -0.15) is 0 Å². The predicted octanol–water partition coefficient (Wildman–Crippen LogP) is 2.69. The largest absolute Gasteiger partial charge is 0.383 e. The third-order valence-corrected chi connectivity index (χ3v) is 4.23. The average Bonchev–Trinajstić information content (AvgIpc) is 2.59. The highest BCUT2D eigenvalue weighted by molar-refractivity contribution is 9.10. The van der Waals surface area contributed by atoms with Gasteiger partial charge in [-0.25, -0.2) is 9.97 Å². The Morgan fingerprint density at radius 3 is 2.60 bits per heavy atom. The van der Waals surface area contributed by atoms with Crippen LogP contribution in [0.3, 0.4) is 0 Å². The summed E-state index contributed by atoms with van der Waals surface area (Å²) in [6.07, 6.45) is 4.06. The van der Waals surface area contributed by atoms with Gasteiger partial charge in [0.1, 0.15) is 12.4 Å². The Morgan fingerprint density at radius 2 is 2.07 bits per heavy atom. The van der Waals surface area contributed by atoms with Crippen LogP contribution in [0.2, 0.25) is 0 Å². The fraction of sp³-hybridized carbons (Fsp3) is 0.200. The molecule has 1 atom stereocenters. The Morgan fingerprint density at radius 1 is 1.40 bits per heavy atom. The first-order valence-corrected chi connectivity index (χ1v) is 5.98. The zero-order chi connectivity index (χ0) is 10.8. The van der Waals surface area contributed by atoms with Gasteiger partial charge >= 0.3 is 0 Å². The van der Waals surface area contributed by atoms with E-state index >= 15 is 0 Å². The van der Waals surface area contributed by atoms with Crippen molar-refractivity contribution in [3.8, 4) is 0 Å².